The Bertz CT molecular complexity index is 1180. The fourth-order valence-corrected chi connectivity index (χ4v) is 3.61. The van der Waals surface area contributed by atoms with Crippen LogP contribution in [0.25, 0.3) is 0 Å². The Morgan fingerprint density at radius 3 is 2.46 bits per heavy atom. The number of aryl methyl sites for hydroxylation is 1. The van der Waals surface area contributed by atoms with E-state index >= 15 is 0 Å². The lowest BCUT2D eigenvalue weighted by molar-refractivity contribution is -0.158. The highest BCUT2D eigenvalue weighted by Crippen LogP contribution is 2.21. The number of rotatable bonds is 12. The van der Waals surface area contributed by atoms with Gasteiger partial charge in [0, 0.05) is 6.54 Å². The highest BCUT2D eigenvalue weighted by Gasteiger charge is 2.31. The minimum absolute atomic E-state index is 0.136. The molecule has 1 aromatic heterocycles. The molecular weight excluding hydrogens is 446 g/mol. The summed E-state index contributed by atoms with van der Waals surface area (Å²) in [6.45, 7) is 11.0. The first-order valence-electron chi connectivity index (χ1n) is 12.0. The molecule has 0 amide bonds. The van der Waals surface area contributed by atoms with Crippen molar-refractivity contribution in [2.45, 2.75) is 72.9 Å². The molecule has 0 saturated heterocycles. The summed E-state index contributed by atoms with van der Waals surface area (Å²) in [5.74, 6) is 0.728. The van der Waals surface area contributed by atoms with Crippen LogP contribution in [0.3, 0.4) is 0 Å². The summed E-state index contributed by atoms with van der Waals surface area (Å²) in [7, 11) is 0. The molecule has 0 atom stereocenters. The van der Waals surface area contributed by atoms with Gasteiger partial charge in [-0.15, -0.1) is 0 Å². The molecule has 0 aliphatic heterocycles. The molecule has 0 saturated carbocycles. The van der Waals surface area contributed by atoms with Crippen LogP contribution in [-0.2, 0) is 40.6 Å². The van der Waals surface area contributed by atoms with E-state index in [9.17, 15) is 9.59 Å². The molecule has 8 nitrogen and oxygen atoms in total. The number of carbonyl (C=O) groups is 1. The molecule has 0 N–H and O–H groups in total. The molecule has 0 aliphatic carbocycles. The van der Waals surface area contributed by atoms with Gasteiger partial charge in [0.05, 0.1) is 19.8 Å². The van der Waals surface area contributed by atoms with E-state index in [0.29, 0.717) is 37.9 Å². The molecule has 0 aliphatic rings. The Morgan fingerprint density at radius 1 is 1.03 bits per heavy atom. The van der Waals surface area contributed by atoms with Gasteiger partial charge in [0.1, 0.15) is 12.4 Å². The summed E-state index contributed by atoms with van der Waals surface area (Å²) in [4.78, 5) is 25.0. The number of hydrogen-bond acceptors (Lipinski definition) is 6. The second-order valence-corrected chi connectivity index (χ2v) is 8.97. The molecule has 0 fully saturated rings. The zero-order valence-electron chi connectivity index (χ0n) is 21.2. The van der Waals surface area contributed by atoms with Gasteiger partial charge in [-0.3, -0.25) is 4.57 Å². The van der Waals surface area contributed by atoms with Crippen LogP contribution in [0.2, 0.25) is 0 Å². The molecule has 0 unspecified atom stereocenters. The van der Waals surface area contributed by atoms with Crippen LogP contribution in [0.1, 0.15) is 56.6 Å². The van der Waals surface area contributed by atoms with Crippen molar-refractivity contribution in [3.8, 4) is 5.75 Å². The molecule has 3 rings (SSSR count). The average Bonchev–Trinajstić information content (AvgIpc) is 3.10. The fraction of sp³-hybridized carbons (Fsp3) is 0.444. The van der Waals surface area contributed by atoms with Crippen LogP contribution in [0.5, 0.6) is 5.75 Å². The van der Waals surface area contributed by atoms with Gasteiger partial charge in [-0.25, -0.2) is 14.3 Å². The van der Waals surface area contributed by atoms with Gasteiger partial charge in [-0.05, 0) is 57.4 Å². The number of esters is 1. The minimum Gasteiger partial charge on any atom is -0.476 e. The molecule has 1 heterocycles. The van der Waals surface area contributed by atoms with E-state index in [2.05, 4.69) is 5.10 Å². The van der Waals surface area contributed by atoms with Gasteiger partial charge in [-0.2, -0.15) is 5.10 Å². The van der Waals surface area contributed by atoms with Gasteiger partial charge in [-0.1, -0.05) is 48.9 Å². The van der Waals surface area contributed by atoms with E-state index in [4.69, 9.17) is 14.2 Å². The van der Waals surface area contributed by atoms with E-state index in [1.54, 1.807) is 31.4 Å². The van der Waals surface area contributed by atoms with Gasteiger partial charge < -0.3 is 14.2 Å². The minimum atomic E-state index is -1.10. The normalized spacial score (nSPS) is 11.5. The molecule has 0 bridgehead atoms. The Morgan fingerprint density at radius 2 is 1.77 bits per heavy atom. The zero-order valence-corrected chi connectivity index (χ0v) is 21.2. The van der Waals surface area contributed by atoms with Crippen molar-refractivity contribution in [2.75, 3.05) is 6.61 Å². The summed E-state index contributed by atoms with van der Waals surface area (Å²) in [6.07, 6.45) is 0.818. The second-order valence-electron chi connectivity index (χ2n) is 8.97. The standard InChI is InChI=1S/C27H35N3O5/c1-6-15-29-24(28-30(26(29)32)17-21-13-11-20(3)12-14-21)19-33-18-22-9-8-10-23(16-22)35-27(4,5)25(31)34-7-2/h8-14,16H,6-7,15,17-19H2,1-5H3. The van der Waals surface area contributed by atoms with E-state index in [1.165, 1.54) is 10.2 Å². The molecule has 0 spiro atoms. The number of benzene rings is 2. The predicted molar refractivity (Wildman–Crippen MR) is 133 cm³/mol. The third-order valence-electron chi connectivity index (χ3n) is 5.44. The van der Waals surface area contributed by atoms with Crippen molar-refractivity contribution in [1.82, 2.24) is 14.3 Å². The highest BCUT2D eigenvalue weighted by atomic mass is 16.6. The number of hydrogen-bond donors (Lipinski definition) is 0. The first-order valence-corrected chi connectivity index (χ1v) is 12.0. The highest BCUT2D eigenvalue weighted by molar-refractivity contribution is 5.79. The number of nitrogens with zero attached hydrogens (tertiary/aromatic N) is 3. The van der Waals surface area contributed by atoms with Gasteiger partial charge >= 0.3 is 11.7 Å². The van der Waals surface area contributed by atoms with E-state index in [-0.39, 0.29) is 12.3 Å². The van der Waals surface area contributed by atoms with Crippen LogP contribution in [0.15, 0.2) is 53.3 Å². The van der Waals surface area contributed by atoms with Crippen molar-refractivity contribution in [2.24, 2.45) is 0 Å². The van der Waals surface area contributed by atoms with Gasteiger partial charge in [0.25, 0.3) is 0 Å². The predicted octanol–water partition coefficient (Wildman–Crippen LogP) is 4.25. The SMILES string of the molecule is CCCn1c(COCc2cccc(OC(C)(C)C(=O)OCC)c2)nn(Cc2ccc(C)cc2)c1=O. The number of aromatic nitrogens is 3. The topological polar surface area (TPSA) is 84.6 Å². The summed E-state index contributed by atoms with van der Waals surface area (Å²) >= 11 is 0. The maximum atomic E-state index is 12.9. The molecule has 35 heavy (non-hydrogen) atoms. The lowest BCUT2D eigenvalue weighted by Gasteiger charge is -2.24. The monoisotopic (exact) mass is 481 g/mol. The molecular formula is C27H35N3O5. The maximum Gasteiger partial charge on any atom is 0.349 e. The van der Waals surface area contributed by atoms with Crippen molar-refractivity contribution in [3.63, 3.8) is 0 Å². The average molecular weight is 482 g/mol. The lowest BCUT2D eigenvalue weighted by Crippen LogP contribution is -2.39. The van der Waals surface area contributed by atoms with Crippen LogP contribution >= 0.6 is 0 Å². The Hall–Kier alpha value is -3.39. The van der Waals surface area contributed by atoms with Gasteiger partial charge in [0.15, 0.2) is 11.4 Å². The maximum absolute atomic E-state index is 12.9. The fourth-order valence-electron chi connectivity index (χ4n) is 3.61. The molecule has 188 valence electrons. The van der Waals surface area contributed by atoms with Gasteiger partial charge in [0.2, 0.25) is 0 Å². The van der Waals surface area contributed by atoms with Crippen LogP contribution in [0, 0.1) is 6.92 Å². The Kier molecular flexibility index (Phi) is 8.87. The van der Waals surface area contributed by atoms with E-state index in [0.717, 1.165) is 17.5 Å². The molecule has 0 radical (unpaired) electrons. The summed E-state index contributed by atoms with van der Waals surface area (Å²) < 4.78 is 20.0. The number of ether oxygens (including phenoxy) is 3. The summed E-state index contributed by atoms with van der Waals surface area (Å²) in [5, 5.41) is 4.55. The zero-order chi connectivity index (χ0) is 25.4. The molecule has 8 heteroatoms. The summed E-state index contributed by atoms with van der Waals surface area (Å²) in [6, 6.07) is 15.5. The first kappa shape index (κ1) is 26.2. The van der Waals surface area contributed by atoms with Crippen LogP contribution in [0.4, 0.5) is 0 Å². The lowest BCUT2D eigenvalue weighted by atomic mass is 10.1. The first-order chi connectivity index (χ1) is 16.7. The molecule has 3 aromatic rings. The van der Waals surface area contributed by atoms with E-state index in [1.807, 2.05) is 56.3 Å². The second kappa shape index (κ2) is 11.8. The van der Waals surface area contributed by atoms with Crippen molar-refractivity contribution in [1.29, 1.82) is 0 Å². The van der Waals surface area contributed by atoms with E-state index < -0.39 is 11.6 Å². The third kappa shape index (κ3) is 7.05. The van der Waals surface area contributed by atoms with Crippen LogP contribution < -0.4 is 10.4 Å². The largest absolute Gasteiger partial charge is 0.476 e. The quantitative estimate of drug-likeness (QED) is 0.360. The molecule has 2 aromatic carbocycles. The Balaban J connectivity index is 1.66. The van der Waals surface area contributed by atoms with Crippen LogP contribution in [-0.4, -0.2) is 32.5 Å². The third-order valence-corrected chi connectivity index (χ3v) is 5.44. The van der Waals surface area contributed by atoms with Crippen molar-refractivity contribution < 1.29 is 19.0 Å². The summed E-state index contributed by atoms with van der Waals surface area (Å²) in [5.41, 5.74) is 1.84. The smallest absolute Gasteiger partial charge is 0.349 e. The van der Waals surface area contributed by atoms with Crippen molar-refractivity contribution >= 4 is 5.97 Å². The number of carbonyl (C=O) groups excluding carboxylic acids is 1. The van der Waals surface area contributed by atoms with Crippen molar-refractivity contribution in [3.05, 3.63) is 81.5 Å². The Labute approximate surface area is 206 Å².